The maximum atomic E-state index is 13.6. The third-order valence-electron chi connectivity index (χ3n) is 4.25. The quantitative estimate of drug-likeness (QED) is 0.217. The van der Waals surface area contributed by atoms with Crippen LogP contribution in [0.25, 0.3) is 22.4 Å². The number of sulfone groups is 1. The van der Waals surface area contributed by atoms with Gasteiger partial charge in [-0.2, -0.15) is 18.2 Å². The van der Waals surface area contributed by atoms with Crippen molar-refractivity contribution in [3.05, 3.63) is 60.4 Å². The molecule has 3 rings (SSSR count). The molecule has 3 aromatic rings. The van der Waals surface area contributed by atoms with E-state index in [9.17, 15) is 21.6 Å². The zero-order chi connectivity index (χ0) is 23.4. The Labute approximate surface area is 193 Å². The number of benzene rings is 2. The molecule has 1 heterocycles. The Morgan fingerprint density at radius 1 is 1.00 bits per heavy atom. The van der Waals surface area contributed by atoms with E-state index in [1.54, 1.807) is 30.3 Å². The Hall–Kier alpha value is -2.30. The van der Waals surface area contributed by atoms with E-state index in [0.29, 0.717) is 29.2 Å². The Kier molecular flexibility index (Phi) is 7.68. The second kappa shape index (κ2) is 10.1. The molecule has 0 unspecified atom stereocenters. The molecule has 0 atom stereocenters. The van der Waals surface area contributed by atoms with Gasteiger partial charge in [-0.3, -0.25) is 0 Å². The van der Waals surface area contributed by atoms with Crippen LogP contribution in [0.4, 0.5) is 13.2 Å². The van der Waals surface area contributed by atoms with E-state index in [4.69, 9.17) is 15.8 Å². The minimum atomic E-state index is -4.81. The van der Waals surface area contributed by atoms with Gasteiger partial charge in [-0.05, 0) is 24.1 Å². The molecule has 0 aliphatic rings. The summed E-state index contributed by atoms with van der Waals surface area (Å²) in [4.78, 5) is 7.49. The van der Waals surface area contributed by atoms with Gasteiger partial charge in [0.1, 0.15) is 0 Å². The topological polar surface area (TPSA) is 69.2 Å². The standard InChI is InChI=1S/C21H18ClF3N2O3S2/c1-32(28,29)16-10-8-15(9-11-16)18-17(14-6-3-2-4-7-14)19(30-31-13-5-12-22)27-20(26-18)21(23,24)25/h2-4,6-11H,5,12-13H2,1H3. The Bertz CT molecular complexity index is 1170. The largest absolute Gasteiger partial charge is 0.451 e. The van der Waals surface area contributed by atoms with Crippen molar-refractivity contribution in [3.8, 4) is 28.3 Å². The smallest absolute Gasteiger partial charge is 0.405 e. The molecule has 0 bridgehead atoms. The van der Waals surface area contributed by atoms with Crippen LogP contribution < -0.4 is 4.18 Å². The van der Waals surface area contributed by atoms with Gasteiger partial charge in [-0.25, -0.2) is 13.4 Å². The van der Waals surface area contributed by atoms with Crippen LogP contribution in [-0.2, 0) is 16.0 Å². The van der Waals surface area contributed by atoms with Crippen LogP contribution >= 0.6 is 23.6 Å². The first-order valence-electron chi connectivity index (χ1n) is 9.32. The van der Waals surface area contributed by atoms with Crippen molar-refractivity contribution < 1.29 is 25.8 Å². The van der Waals surface area contributed by atoms with Crippen LogP contribution in [0, 0.1) is 0 Å². The molecule has 0 saturated heterocycles. The summed E-state index contributed by atoms with van der Waals surface area (Å²) in [5, 5.41) is 0. The normalized spacial score (nSPS) is 12.0. The first-order chi connectivity index (χ1) is 15.1. The summed E-state index contributed by atoms with van der Waals surface area (Å²) < 4.78 is 69.9. The maximum absolute atomic E-state index is 13.6. The molecule has 0 radical (unpaired) electrons. The van der Waals surface area contributed by atoms with E-state index in [1.165, 1.54) is 24.3 Å². The Morgan fingerprint density at radius 2 is 1.66 bits per heavy atom. The summed E-state index contributed by atoms with van der Waals surface area (Å²) in [5.74, 6) is -0.744. The molecule has 32 heavy (non-hydrogen) atoms. The lowest BCUT2D eigenvalue weighted by Gasteiger charge is -2.16. The SMILES string of the molecule is CS(=O)(=O)c1ccc(-c2nc(C(F)(F)F)nc(OSCCCCl)c2-c2ccccc2)cc1. The molecule has 0 aliphatic carbocycles. The maximum Gasteiger partial charge on any atom is 0.451 e. The predicted octanol–water partition coefficient (Wildman–Crippen LogP) is 5.89. The first-order valence-corrected chi connectivity index (χ1v) is 12.7. The fourth-order valence-corrected chi connectivity index (χ4v) is 4.27. The van der Waals surface area contributed by atoms with Crippen LogP contribution in [-0.4, -0.2) is 36.3 Å². The summed E-state index contributed by atoms with van der Waals surface area (Å²) >= 11 is 6.61. The molecule has 1 aromatic heterocycles. The molecule has 0 fully saturated rings. The molecule has 5 nitrogen and oxygen atoms in total. The van der Waals surface area contributed by atoms with Gasteiger partial charge in [0.15, 0.2) is 9.84 Å². The number of hydrogen-bond donors (Lipinski definition) is 0. The van der Waals surface area contributed by atoms with Gasteiger partial charge in [-0.15, -0.1) is 11.6 Å². The van der Waals surface area contributed by atoms with Gasteiger partial charge < -0.3 is 4.18 Å². The molecule has 0 saturated carbocycles. The van der Waals surface area contributed by atoms with Crippen molar-refractivity contribution >= 4 is 33.5 Å². The van der Waals surface area contributed by atoms with E-state index >= 15 is 0 Å². The molecular formula is C21H18ClF3N2O3S2. The molecule has 0 N–H and O–H groups in total. The number of nitrogens with zero attached hydrogens (tertiary/aromatic N) is 2. The van der Waals surface area contributed by atoms with Crippen molar-refractivity contribution in [2.45, 2.75) is 17.5 Å². The van der Waals surface area contributed by atoms with Gasteiger partial charge in [0, 0.05) is 23.5 Å². The van der Waals surface area contributed by atoms with Crippen molar-refractivity contribution in [2.24, 2.45) is 0 Å². The van der Waals surface area contributed by atoms with E-state index in [-0.39, 0.29) is 22.0 Å². The second-order valence-corrected chi connectivity index (χ2v) is 9.89. The zero-order valence-corrected chi connectivity index (χ0v) is 19.2. The highest BCUT2D eigenvalue weighted by atomic mass is 35.5. The molecule has 11 heteroatoms. The number of hydrogen-bond acceptors (Lipinski definition) is 6. The molecular weight excluding hydrogens is 485 g/mol. The van der Waals surface area contributed by atoms with Gasteiger partial charge >= 0.3 is 6.18 Å². The Morgan fingerprint density at radius 3 is 2.22 bits per heavy atom. The summed E-state index contributed by atoms with van der Waals surface area (Å²) in [5.41, 5.74) is 1.09. The number of halogens is 4. The lowest BCUT2D eigenvalue weighted by atomic mass is 10.00. The Balaban J connectivity index is 2.22. The fourth-order valence-electron chi connectivity index (χ4n) is 2.77. The minimum absolute atomic E-state index is 0.0217. The molecule has 0 amide bonds. The molecule has 2 aromatic carbocycles. The number of alkyl halides is 4. The summed E-state index contributed by atoms with van der Waals surface area (Å²) in [6, 6.07) is 14.1. The molecule has 170 valence electrons. The highest BCUT2D eigenvalue weighted by molar-refractivity contribution is 7.95. The lowest BCUT2D eigenvalue weighted by molar-refractivity contribution is -0.145. The van der Waals surface area contributed by atoms with Crippen molar-refractivity contribution in [1.29, 1.82) is 0 Å². The zero-order valence-electron chi connectivity index (χ0n) is 16.8. The first kappa shape index (κ1) is 24.3. The minimum Gasteiger partial charge on any atom is -0.405 e. The van der Waals surface area contributed by atoms with E-state index in [0.717, 1.165) is 18.3 Å². The predicted molar refractivity (Wildman–Crippen MR) is 119 cm³/mol. The van der Waals surface area contributed by atoms with E-state index in [2.05, 4.69) is 9.97 Å². The summed E-state index contributed by atoms with van der Waals surface area (Å²) in [6.45, 7) is 0. The second-order valence-electron chi connectivity index (χ2n) is 6.68. The molecule has 0 aliphatic heterocycles. The van der Waals surface area contributed by atoms with Crippen LogP contribution in [0.3, 0.4) is 0 Å². The van der Waals surface area contributed by atoms with Crippen LogP contribution in [0.2, 0.25) is 0 Å². The highest BCUT2D eigenvalue weighted by Gasteiger charge is 2.37. The highest BCUT2D eigenvalue weighted by Crippen LogP contribution is 2.41. The lowest BCUT2D eigenvalue weighted by Crippen LogP contribution is -2.13. The number of rotatable bonds is 8. The average molecular weight is 503 g/mol. The van der Waals surface area contributed by atoms with Crippen LogP contribution in [0.15, 0.2) is 59.5 Å². The number of aromatic nitrogens is 2. The third kappa shape index (κ3) is 5.93. The monoisotopic (exact) mass is 502 g/mol. The van der Waals surface area contributed by atoms with E-state index in [1.807, 2.05) is 0 Å². The van der Waals surface area contributed by atoms with Crippen LogP contribution in [0.5, 0.6) is 5.88 Å². The fraction of sp³-hybridized carbons (Fsp3) is 0.238. The van der Waals surface area contributed by atoms with Crippen LogP contribution in [0.1, 0.15) is 12.2 Å². The van der Waals surface area contributed by atoms with Crippen molar-refractivity contribution in [3.63, 3.8) is 0 Å². The summed E-state index contributed by atoms with van der Waals surface area (Å²) in [6.07, 6.45) is -3.16. The average Bonchev–Trinajstić information content (AvgIpc) is 2.75. The van der Waals surface area contributed by atoms with Gasteiger partial charge in [0.05, 0.1) is 28.2 Å². The van der Waals surface area contributed by atoms with E-state index < -0.39 is 21.8 Å². The third-order valence-corrected chi connectivity index (χ3v) is 6.37. The molecule has 0 spiro atoms. The summed E-state index contributed by atoms with van der Waals surface area (Å²) in [7, 11) is -3.47. The van der Waals surface area contributed by atoms with Crippen molar-refractivity contribution in [1.82, 2.24) is 9.97 Å². The van der Waals surface area contributed by atoms with Gasteiger partial charge in [0.2, 0.25) is 11.7 Å². The van der Waals surface area contributed by atoms with Gasteiger partial charge in [-0.1, -0.05) is 42.5 Å². The van der Waals surface area contributed by atoms with Crippen molar-refractivity contribution in [2.75, 3.05) is 17.9 Å². The van der Waals surface area contributed by atoms with Gasteiger partial charge in [0.25, 0.3) is 0 Å².